The smallest absolute Gasteiger partial charge is 0.144 e. The molecule has 0 aromatic carbocycles. The molecule has 0 aromatic rings. The Labute approximate surface area is 196 Å². The van der Waals surface area contributed by atoms with Crippen LogP contribution in [-0.4, -0.2) is 60.3 Å². The molecule has 0 fully saturated rings. The SMILES string of the molecule is C=CC[N+](CC=C)(CC=C)CC(C)(C)[N+](CC=C)(CC=C)CC=C.[I-].[I-]. The van der Waals surface area contributed by atoms with Gasteiger partial charge in [-0.1, -0.05) is 39.5 Å². The van der Waals surface area contributed by atoms with Crippen LogP contribution in [0.1, 0.15) is 13.8 Å². The normalized spacial score (nSPS) is 11.3. The van der Waals surface area contributed by atoms with Crippen LogP contribution in [0.3, 0.4) is 0 Å². The minimum Gasteiger partial charge on any atom is -1.00 e. The van der Waals surface area contributed by atoms with Crippen LogP contribution in [0.15, 0.2) is 75.9 Å². The Hall–Kier alpha value is -0.180. The van der Waals surface area contributed by atoms with Crippen molar-refractivity contribution in [3.05, 3.63) is 75.9 Å². The summed E-state index contributed by atoms with van der Waals surface area (Å²) in [6.07, 6.45) is 12.1. The largest absolute Gasteiger partial charge is 1.00 e. The fraction of sp³-hybridized carbons (Fsp3) is 0.455. The molecular weight excluding hydrogens is 546 g/mol. The molecular formula is C22H38I2N2. The number of halogens is 2. The first-order valence-corrected chi connectivity index (χ1v) is 8.69. The van der Waals surface area contributed by atoms with Crippen molar-refractivity contribution in [2.45, 2.75) is 19.4 Å². The lowest BCUT2D eigenvalue weighted by atomic mass is 9.94. The van der Waals surface area contributed by atoms with Crippen LogP contribution < -0.4 is 48.0 Å². The van der Waals surface area contributed by atoms with Crippen molar-refractivity contribution in [3.8, 4) is 0 Å². The topological polar surface area (TPSA) is 0 Å². The lowest BCUT2D eigenvalue weighted by Crippen LogP contribution is -3.00. The van der Waals surface area contributed by atoms with Crippen molar-refractivity contribution >= 4 is 0 Å². The highest BCUT2D eigenvalue weighted by atomic mass is 127. The number of hydrogen-bond donors (Lipinski definition) is 0. The van der Waals surface area contributed by atoms with Gasteiger partial charge in [0.2, 0.25) is 0 Å². The summed E-state index contributed by atoms with van der Waals surface area (Å²) in [6, 6.07) is 0. The molecule has 0 aliphatic rings. The van der Waals surface area contributed by atoms with E-state index in [0.29, 0.717) is 0 Å². The van der Waals surface area contributed by atoms with Gasteiger partial charge in [0, 0.05) is 0 Å². The van der Waals surface area contributed by atoms with Crippen molar-refractivity contribution < 1.29 is 56.9 Å². The molecule has 0 saturated heterocycles. The molecule has 0 radical (unpaired) electrons. The fourth-order valence-electron chi connectivity index (χ4n) is 3.92. The lowest BCUT2D eigenvalue weighted by Gasteiger charge is -2.52. The zero-order chi connectivity index (χ0) is 18.7. The van der Waals surface area contributed by atoms with Gasteiger partial charge in [0.05, 0.1) is 39.3 Å². The molecule has 2 nitrogen and oxygen atoms in total. The van der Waals surface area contributed by atoms with Crippen LogP contribution in [0, 0.1) is 0 Å². The average molecular weight is 584 g/mol. The summed E-state index contributed by atoms with van der Waals surface area (Å²) in [5, 5.41) is 0. The highest BCUT2D eigenvalue weighted by Crippen LogP contribution is 2.29. The predicted octanol–water partition coefficient (Wildman–Crippen LogP) is -1.48. The van der Waals surface area contributed by atoms with Gasteiger partial charge in [-0.05, 0) is 50.3 Å². The molecule has 0 aliphatic heterocycles. The Kier molecular flexibility index (Phi) is 17.4. The second-order valence-electron chi connectivity index (χ2n) is 7.28. The zero-order valence-corrected chi connectivity index (χ0v) is 21.1. The Morgan fingerprint density at radius 3 is 1.08 bits per heavy atom. The molecule has 4 heteroatoms. The average Bonchev–Trinajstić information content (AvgIpc) is 2.48. The van der Waals surface area contributed by atoms with Crippen LogP contribution in [0.4, 0.5) is 0 Å². The van der Waals surface area contributed by atoms with Crippen molar-refractivity contribution in [2.24, 2.45) is 0 Å². The van der Waals surface area contributed by atoms with Gasteiger partial charge in [0.1, 0.15) is 12.1 Å². The van der Waals surface area contributed by atoms with Crippen molar-refractivity contribution in [1.82, 2.24) is 0 Å². The minimum absolute atomic E-state index is 0. The Morgan fingerprint density at radius 1 is 0.577 bits per heavy atom. The summed E-state index contributed by atoms with van der Waals surface area (Å²) in [5.41, 5.74) is 0.00556. The second kappa shape index (κ2) is 14.8. The van der Waals surface area contributed by atoms with E-state index in [1.807, 2.05) is 36.5 Å². The van der Waals surface area contributed by atoms with E-state index in [-0.39, 0.29) is 53.5 Å². The summed E-state index contributed by atoms with van der Waals surface area (Å²) < 4.78 is 1.75. The molecule has 0 amide bonds. The van der Waals surface area contributed by atoms with Gasteiger partial charge < -0.3 is 56.9 Å². The summed E-state index contributed by atoms with van der Waals surface area (Å²) in [5.74, 6) is 0. The molecule has 26 heavy (non-hydrogen) atoms. The number of hydrogen-bond acceptors (Lipinski definition) is 0. The van der Waals surface area contributed by atoms with Crippen LogP contribution >= 0.6 is 0 Å². The highest BCUT2D eigenvalue weighted by Gasteiger charge is 2.47. The van der Waals surface area contributed by atoms with Crippen LogP contribution in [-0.2, 0) is 0 Å². The first-order chi connectivity index (χ1) is 11.3. The zero-order valence-electron chi connectivity index (χ0n) is 16.8. The Balaban J connectivity index is -0.00000264. The number of rotatable bonds is 15. The van der Waals surface area contributed by atoms with Gasteiger partial charge in [0.25, 0.3) is 0 Å². The number of quaternary nitrogens is 2. The highest BCUT2D eigenvalue weighted by molar-refractivity contribution is 4.86. The second-order valence-corrected chi connectivity index (χ2v) is 7.28. The fourth-order valence-corrected chi connectivity index (χ4v) is 3.92. The first kappa shape index (κ1) is 30.5. The molecule has 0 aliphatic carbocycles. The van der Waals surface area contributed by atoms with Gasteiger partial charge in [-0.15, -0.1) is 0 Å². The Morgan fingerprint density at radius 2 is 0.846 bits per heavy atom. The molecule has 0 atom stereocenters. The standard InChI is InChI=1S/C22H38N2.2HI/c1-9-15-23(16-10-2,17-11-3)21-22(7,8)24(18-12-4,19-13-5)20-14-6;;/h9-14H,1-6,15-21H2,7-8H3;2*1H/q+2;;/p-2. The maximum absolute atomic E-state index is 3.99. The minimum atomic E-state index is 0. The van der Waals surface area contributed by atoms with E-state index >= 15 is 0 Å². The van der Waals surface area contributed by atoms with E-state index in [4.69, 9.17) is 0 Å². The third-order valence-electron chi connectivity index (χ3n) is 4.99. The Bertz CT molecular complexity index is 414. The van der Waals surface area contributed by atoms with Crippen LogP contribution in [0.5, 0.6) is 0 Å². The van der Waals surface area contributed by atoms with E-state index in [1.165, 1.54) is 0 Å². The van der Waals surface area contributed by atoms with Crippen LogP contribution in [0.2, 0.25) is 0 Å². The van der Waals surface area contributed by atoms with Crippen molar-refractivity contribution in [2.75, 3.05) is 45.8 Å². The van der Waals surface area contributed by atoms with E-state index in [1.54, 1.807) is 0 Å². The van der Waals surface area contributed by atoms with Crippen molar-refractivity contribution in [1.29, 1.82) is 0 Å². The lowest BCUT2D eigenvalue weighted by molar-refractivity contribution is -1.00. The van der Waals surface area contributed by atoms with E-state index in [2.05, 4.69) is 53.3 Å². The monoisotopic (exact) mass is 584 g/mol. The molecule has 0 saturated carbocycles. The van der Waals surface area contributed by atoms with E-state index < -0.39 is 0 Å². The van der Waals surface area contributed by atoms with Gasteiger partial charge in [0.15, 0.2) is 0 Å². The summed E-state index contributed by atoms with van der Waals surface area (Å²) in [7, 11) is 0. The van der Waals surface area contributed by atoms with E-state index in [9.17, 15) is 0 Å². The molecule has 0 rings (SSSR count). The molecule has 0 unspecified atom stereocenters. The van der Waals surface area contributed by atoms with E-state index in [0.717, 1.165) is 54.8 Å². The summed E-state index contributed by atoms with van der Waals surface area (Å²) in [4.78, 5) is 0. The quantitative estimate of drug-likeness (QED) is 0.125. The molecule has 150 valence electrons. The van der Waals surface area contributed by atoms with Gasteiger partial charge in [-0.3, -0.25) is 0 Å². The molecule has 0 heterocycles. The summed E-state index contributed by atoms with van der Waals surface area (Å²) in [6.45, 7) is 34.9. The van der Waals surface area contributed by atoms with Crippen molar-refractivity contribution in [3.63, 3.8) is 0 Å². The first-order valence-electron chi connectivity index (χ1n) is 8.69. The molecule has 0 spiro atoms. The number of nitrogens with zero attached hydrogens (tertiary/aromatic N) is 2. The predicted molar refractivity (Wildman–Crippen MR) is 110 cm³/mol. The molecule has 0 N–H and O–H groups in total. The van der Waals surface area contributed by atoms with Crippen LogP contribution in [0.25, 0.3) is 0 Å². The van der Waals surface area contributed by atoms with Gasteiger partial charge in [-0.2, -0.15) is 0 Å². The third kappa shape index (κ3) is 8.23. The third-order valence-corrected chi connectivity index (χ3v) is 4.99. The van der Waals surface area contributed by atoms with Gasteiger partial charge in [-0.25, -0.2) is 0 Å². The van der Waals surface area contributed by atoms with Gasteiger partial charge >= 0.3 is 0 Å². The maximum Gasteiger partial charge on any atom is 0.144 e. The molecule has 0 bridgehead atoms. The molecule has 0 aromatic heterocycles. The maximum atomic E-state index is 3.99. The summed E-state index contributed by atoms with van der Waals surface area (Å²) >= 11 is 0.